The Morgan fingerprint density at radius 3 is 2.35 bits per heavy atom. The quantitative estimate of drug-likeness (QED) is 0.877. The van der Waals surface area contributed by atoms with Crippen LogP contribution in [0.15, 0.2) is 36.4 Å². The smallest absolute Gasteiger partial charge is 0.266 e. The number of aromatic nitrogens is 1. The number of nitrogens with one attached hydrogen (secondary N) is 1. The van der Waals surface area contributed by atoms with Crippen LogP contribution in [0.3, 0.4) is 0 Å². The minimum atomic E-state index is -4.31. The fourth-order valence-electron chi connectivity index (χ4n) is 3.16. The van der Waals surface area contributed by atoms with Gasteiger partial charge in [0.1, 0.15) is 5.69 Å². The van der Waals surface area contributed by atoms with E-state index in [0.717, 1.165) is 5.39 Å². The first-order valence-electron chi connectivity index (χ1n) is 8.15. The molecule has 1 amide bonds. The lowest BCUT2D eigenvalue weighted by Gasteiger charge is -2.29. The molecule has 0 aliphatic heterocycles. The van der Waals surface area contributed by atoms with Crippen molar-refractivity contribution in [2.45, 2.75) is 37.1 Å². The lowest BCUT2D eigenvalue weighted by atomic mass is 9.88. The normalized spacial score (nSPS) is 21.5. The van der Waals surface area contributed by atoms with Crippen molar-refractivity contribution in [3.8, 4) is 0 Å². The van der Waals surface area contributed by atoms with E-state index in [4.69, 9.17) is 0 Å². The molecule has 0 bridgehead atoms. The summed E-state index contributed by atoms with van der Waals surface area (Å²) in [4.78, 5) is 16.4. The van der Waals surface area contributed by atoms with Crippen molar-refractivity contribution in [1.29, 1.82) is 0 Å². The molecule has 9 heteroatoms. The number of carbonyl (C=O) groups is 1. The second-order valence-corrected chi connectivity index (χ2v) is 8.34. The van der Waals surface area contributed by atoms with E-state index >= 15 is 0 Å². The van der Waals surface area contributed by atoms with E-state index in [9.17, 15) is 26.4 Å². The average Bonchev–Trinajstić information content (AvgIpc) is 2.60. The van der Waals surface area contributed by atoms with Gasteiger partial charge in [-0.1, -0.05) is 24.3 Å². The number of hydrogen-bond donors (Lipinski definition) is 1. The van der Waals surface area contributed by atoms with Crippen LogP contribution >= 0.6 is 0 Å². The van der Waals surface area contributed by atoms with Crippen molar-refractivity contribution >= 4 is 26.8 Å². The van der Waals surface area contributed by atoms with Crippen LogP contribution in [0.1, 0.15) is 36.2 Å². The van der Waals surface area contributed by atoms with Gasteiger partial charge in [-0.15, -0.1) is 0 Å². The lowest BCUT2D eigenvalue weighted by Crippen LogP contribution is -2.41. The Kier molecular flexibility index (Phi) is 4.92. The summed E-state index contributed by atoms with van der Waals surface area (Å²) in [7, 11) is -4.06. The molecular formula is C17H17F3N2O3S. The van der Waals surface area contributed by atoms with Crippen molar-refractivity contribution in [2.24, 2.45) is 5.92 Å². The van der Waals surface area contributed by atoms with Gasteiger partial charge in [0, 0.05) is 5.39 Å². The summed E-state index contributed by atoms with van der Waals surface area (Å²) in [5, 5.41) is -0.206. The molecule has 0 saturated heterocycles. The zero-order chi connectivity index (χ0) is 18.9. The number of sulfonamides is 1. The van der Waals surface area contributed by atoms with Crippen molar-refractivity contribution in [2.75, 3.05) is 0 Å². The second-order valence-electron chi connectivity index (χ2n) is 6.38. The zero-order valence-electron chi connectivity index (χ0n) is 13.7. The molecule has 1 saturated carbocycles. The van der Waals surface area contributed by atoms with Crippen LogP contribution in [0.5, 0.6) is 0 Å². The van der Waals surface area contributed by atoms with Crippen LogP contribution in [0.2, 0.25) is 0 Å². The summed E-state index contributed by atoms with van der Waals surface area (Å²) in [6.07, 6.45) is -5.07. The Balaban J connectivity index is 1.69. The largest absolute Gasteiger partial charge is 0.391 e. The maximum absolute atomic E-state index is 12.7. The molecule has 2 aromatic rings. The molecule has 3 rings (SSSR count). The van der Waals surface area contributed by atoms with Crippen molar-refractivity contribution < 1.29 is 26.4 Å². The lowest BCUT2D eigenvalue weighted by molar-refractivity contribution is -0.181. The topological polar surface area (TPSA) is 76.1 Å². The maximum Gasteiger partial charge on any atom is 0.391 e. The van der Waals surface area contributed by atoms with Gasteiger partial charge in [0.05, 0.1) is 16.7 Å². The van der Waals surface area contributed by atoms with Crippen LogP contribution < -0.4 is 4.72 Å². The van der Waals surface area contributed by atoms with E-state index in [0.29, 0.717) is 5.52 Å². The average molecular weight is 386 g/mol. The predicted octanol–water partition coefficient (Wildman–Crippen LogP) is 3.42. The van der Waals surface area contributed by atoms with Crippen molar-refractivity contribution in [1.82, 2.24) is 9.71 Å². The summed E-state index contributed by atoms with van der Waals surface area (Å²) in [5.74, 6) is -2.36. The van der Waals surface area contributed by atoms with E-state index in [1.807, 2.05) is 10.8 Å². The number of para-hydroxylation sites is 1. The maximum atomic E-state index is 12.7. The highest BCUT2D eigenvalue weighted by molar-refractivity contribution is 7.90. The van der Waals surface area contributed by atoms with Crippen LogP contribution in [-0.4, -0.2) is 30.7 Å². The monoisotopic (exact) mass is 386 g/mol. The number of rotatable bonds is 3. The molecule has 0 spiro atoms. The Bertz CT molecular complexity index is 920. The molecule has 1 fully saturated rings. The molecule has 1 aliphatic carbocycles. The molecule has 26 heavy (non-hydrogen) atoms. The zero-order valence-corrected chi connectivity index (χ0v) is 14.5. The highest BCUT2D eigenvalue weighted by Gasteiger charge is 2.44. The number of amides is 1. The number of pyridine rings is 1. The Morgan fingerprint density at radius 1 is 1.04 bits per heavy atom. The van der Waals surface area contributed by atoms with Crippen molar-refractivity contribution in [3.05, 3.63) is 42.1 Å². The van der Waals surface area contributed by atoms with Gasteiger partial charge in [0.15, 0.2) is 0 Å². The van der Waals surface area contributed by atoms with Crippen LogP contribution in [0, 0.1) is 5.92 Å². The number of halogens is 3. The first kappa shape index (κ1) is 18.6. The van der Waals surface area contributed by atoms with Crippen LogP contribution in [-0.2, 0) is 10.0 Å². The molecule has 1 aliphatic rings. The molecular weight excluding hydrogens is 369 g/mol. The molecule has 0 atom stereocenters. The van der Waals surface area contributed by atoms with E-state index in [-0.39, 0.29) is 31.4 Å². The molecule has 1 N–H and O–H groups in total. The summed E-state index contributed by atoms with van der Waals surface area (Å²) in [6, 6.07) is 10.1. The van der Waals surface area contributed by atoms with E-state index in [1.54, 1.807) is 24.3 Å². The fraction of sp³-hybridized carbons (Fsp3) is 0.412. The molecule has 1 heterocycles. The number of carbonyl (C=O) groups excluding carboxylic acids is 1. The third-order valence-corrected chi connectivity index (χ3v) is 6.46. The molecule has 1 aromatic carbocycles. The van der Waals surface area contributed by atoms with Gasteiger partial charge in [0.2, 0.25) is 10.0 Å². The third-order valence-electron chi connectivity index (χ3n) is 4.64. The summed E-state index contributed by atoms with van der Waals surface area (Å²) < 4.78 is 64.7. The SMILES string of the molecule is O=C(NS(=O)(=O)C1CCC(C(F)(F)F)CC1)c1ccc2ccccc2n1. The summed E-state index contributed by atoms with van der Waals surface area (Å²) in [5.41, 5.74) is 0.486. The predicted molar refractivity (Wildman–Crippen MR) is 89.9 cm³/mol. The minimum Gasteiger partial charge on any atom is -0.266 e. The highest BCUT2D eigenvalue weighted by atomic mass is 32.2. The van der Waals surface area contributed by atoms with Gasteiger partial charge >= 0.3 is 6.18 Å². The van der Waals surface area contributed by atoms with Crippen molar-refractivity contribution in [3.63, 3.8) is 0 Å². The number of fused-ring (bicyclic) bond motifs is 1. The molecule has 140 valence electrons. The first-order chi connectivity index (χ1) is 12.2. The number of hydrogen-bond acceptors (Lipinski definition) is 4. The fourth-order valence-corrected chi connectivity index (χ4v) is 4.58. The number of nitrogens with zero attached hydrogens (tertiary/aromatic N) is 1. The molecule has 0 unspecified atom stereocenters. The van der Waals surface area contributed by atoms with E-state index < -0.39 is 33.3 Å². The van der Waals surface area contributed by atoms with Gasteiger partial charge in [-0.2, -0.15) is 13.2 Å². The third kappa shape index (κ3) is 3.98. The van der Waals surface area contributed by atoms with Gasteiger partial charge in [-0.05, 0) is 37.8 Å². The summed E-state index contributed by atoms with van der Waals surface area (Å²) in [6.45, 7) is 0. The van der Waals surface area contributed by atoms with Crippen LogP contribution in [0.4, 0.5) is 13.2 Å². The second kappa shape index (κ2) is 6.86. The summed E-state index contributed by atoms with van der Waals surface area (Å²) >= 11 is 0. The van der Waals surface area contributed by atoms with Gasteiger partial charge < -0.3 is 0 Å². The van der Waals surface area contributed by atoms with E-state index in [1.165, 1.54) is 6.07 Å². The van der Waals surface area contributed by atoms with E-state index in [2.05, 4.69) is 4.98 Å². The van der Waals surface area contributed by atoms with Crippen LogP contribution in [0.25, 0.3) is 10.9 Å². The Labute approximate surface area is 148 Å². The highest BCUT2D eigenvalue weighted by Crippen LogP contribution is 2.39. The van der Waals surface area contributed by atoms with Gasteiger partial charge in [-0.25, -0.2) is 18.1 Å². The molecule has 1 aromatic heterocycles. The molecule has 0 radical (unpaired) electrons. The number of benzene rings is 1. The Morgan fingerprint density at radius 2 is 1.69 bits per heavy atom. The van der Waals surface area contributed by atoms with Gasteiger partial charge in [0.25, 0.3) is 5.91 Å². The van der Waals surface area contributed by atoms with Gasteiger partial charge in [-0.3, -0.25) is 4.79 Å². The standard InChI is InChI=1S/C17H17F3N2O3S/c18-17(19,20)12-6-8-13(9-7-12)26(24,25)22-16(23)15-10-5-11-3-1-2-4-14(11)21-15/h1-5,10,12-13H,6-9H2,(H,22,23). The molecule has 5 nitrogen and oxygen atoms in total. The number of alkyl halides is 3. The Hall–Kier alpha value is -2.16. The minimum absolute atomic E-state index is 0.0590. The first-order valence-corrected chi connectivity index (χ1v) is 9.70.